The van der Waals surface area contributed by atoms with Gasteiger partial charge in [0.1, 0.15) is 5.00 Å². The number of nitrogens with one attached hydrogen (secondary N) is 1. The van der Waals surface area contributed by atoms with Gasteiger partial charge < -0.3 is 16.2 Å². The molecule has 0 aromatic carbocycles. The molecule has 98 valence electrons. The Bertz CT molecular complexity index is 472. The standard InChI is InChI=1S/C10H12N2O4S2/c1-5(10(15)16)18-4-7(13)12-9-6(8(11)14)2-3-17-9/h2-3,5H,4H2,1H3,(H2,11,14)(H,12,13)(H,15,16). The first-order valence-corrected chi connectivity index (χ1v) is 6.86. The molecule has 2 amide bonds. The van der Waals surface area contributed by atoms with Crippen LogP contribution < -0.4 is 11.1 Å². The molecule has 8 heteroatoms. The third-order valence-electron chi connectivity index (χ3n) is 2.00. The highest BCUT2D eigenvalue weighted by atomic mass is 32.2. The number of primary amides is 1. The van der Waals surface area contributed by atoms with Gasteiger partial charge in [0.05, 0.1) is 16.6 Å². The van der Waals surface area contributed by atoms with E-state index < -0.39 is 17.1 Å². The Morgan fingerprint density at radius 2 is 2.22 bits per heavy atom. The van der Waals surface area contributed by atoms with Crippen LogP contribution in [0.1, 0.15) is 17.3 Å². The predicted molar refractivity (Wildman–Crippen MR) is 71.0 cm³/mol. The number of carboxylic acids is 1. The zero-order chi connectivity index (χ0) is 13.7. The molecule has 1 unspecified atom stereocenters. The van der Waals surface area contributed by atoms with E-state index in [0.29, 0.717) is 5.00 Å². The molecule has 1 aromatic heterocycles. The van der Waals surface area contributed by atoms with Crippen molar-refractivity contribution in [1.29, 1.82) is 0 Å². The van der Waals surface area contributed by atoms with Crippen molar-refractivity contribution in [3.05, 3.63) is 17.0 Å². The van der Waals surface area contributed by atoms with E-state index >= 15 is 0 Å². The Hall–Kier alpha value is -1.54. The van der Waals surface area contributed by atoms with Crippen LogP contribution in [0.15, 0.2) is 11.4 Å². The fraction of sp³-hybridized carbons (Fsp3) is 0.300. The summed E-state index contributed by atoms with van der Waals surface area (Å²) in [4.78, 5) is 33.1. The van der Waals surface area contributed by atoms with Gasteiger partial charge in [-0.15, -0.1) is 23.1 Å². The lowest BCUT2D eigenvalue weighted by Crippen LogP contribution is -2.20. The van der Waals surface area contributed by atoms with Crippen molar-refractivity contribution in [3.8, 4) is 0 Å². The van der Waals surface area contributed by atoms with Crippen LogP contribution in [0.4, 0.5) is 5.00 Å². The van der Waals surface area contributed by atoms with Crippen LogP contribution >= 0.6 is 23.1 Å². The number of aliphatic carboxylic acids is 1. The van der Waals surface area contributed by atoms with Gasteiger partial charge in [0.2, 0.25) is 5.91 Å². The molecule has 6 nitrogen and oxygen atoms in total. The van der Waals surface area contributed by atoms with Crippen molar-refractivity contribution in [3.63, 3.8) is 0 Å². The highest BCUT2D eigenvalue weighted by Gasteiger charge is 2.16. The fourth-order valence-electron chi connectivity index (χ4n) is 1.03. The van der Waals surface area contributed by atoms with Crippen molar-refractivity contribution in [2.45, 2.75) is 12.2 Å². The maximum absolute atomic E-state index is 11.5. The molecule has 4 N–H and O–H groups in total. The molecule has 1 rings (SSSR count). The number of carbonyl (C=O) groups is 3. The molecule has 0 saturated heterocycles. The van der Waals surface area contributed by atoms with Crippen LogP contribution in [0.3, 0.4) is 0 Å². The smallest absolute Gasteiger partial charge is 0.316 e. The minimum absolute atomic E-state index is 0.00354. The van der Waals surface area contributed by atoms with Crippen molar-refractivity contribution >= 4 is 45.9 Å². The average molecular weight is 288 g/mol. The summed E-state index contributed by atoms with van der Waals surface area (Å²) in [5.41, 5.74) is 5.38. The van der Waals surface area contributed by atoms with Gasteiger partial charge in [0.25, 0.3) is 5.91 Å². The topological polar surface area (TPSA) is 109 Å². The number of carbonyl (C=O) groups excluding carboxylic acids is 2. The Labute approximate surface area is 112 Å². The maximum atomic E-state index is 11.5. The lowest BCUT2D eigenvalue weighted by Gasteiger charge is -2.06. The zero-order valence-corrected chi connectivity index (χ0v) is 11.1. The number of amides is 2. The minimum Gasteiger partial charge on any atom is -0.480 e. The van der Waals surface area contributed by atoms with Gasteiger partial charge in [0, 0.05) is 0 Å². The fourth-order valence-corrected chi connectivity index (χ4v) is 2.46. The number of anilines is 1. The van der Waals surface area contributed by atoms with Gasteiger partial charge in [-0.3, -0.25) is 14.4 Å². The Kier molecular flexibility index (Phi) is 5.17. The highest BCUT2D eigenvalue weighted by Crippen LogP contribution is 2.23. The molecule has 0 aliphatic carbocycles. The lowest BCUT2D eigenvalue weighted by molar-refractivity contribution is -0.136. The average Bonchev–Trinajstić information content (AvgIpc) is 2.73. The lowest BCUT2D eigenvalue weighted by atomic mass is 10.3. The van der Waals surface area contributed by atoms with E-state index in [0.717, 1.165) is 11.8 Å². The summed E-state index contributed by atoms with van der Waals surface area (Å²) in [6, 6.07) is 1.52. The van der Waals surface area contributed by atoms with Gasteiger partial charge in [-0.05, 0) is 18.4 Å². The summed E-state index contributed by atoms with van der Waals surface area (Å²) in [5, 5.41) is 12.6. The first kappa shape index (κ1) is 14.5. The van der Waals surface area contributed by atoms with E-state index in [1.54, 1.807) is 5.38 Å². The van der Waals surface area contributed by atoms with Gasteiger partial charge in [-0.25, -0.2) is 0 Å². The van der Waals surface area contributed by atoms with E-state index in [4.69, 9.17) is 10.8 Å². The monoisotopic (exact) mass is 288 g/mol. The summed E-state index contributed by atoms with van der Waals surface area (Å²) >= 11 is 2.19. The number of thiophene rings is 1. The van der Waals surface area contributed by atoms with Gasteiger partial charge in [-0.1, -0.05) is 0 Å². The Morgan fingerprint density at radius 1 is 1.56 bits per heavy atom. The SMILES string of the molecule is CC(SCC(=O)Nc1sccc1C(N)=O)C(=O)O. The van der Waals surface area contributed by atoms with Gasteiger partial charge in [0.15, 0.2) is 0 Å². The predicted octanol–water partition coefficient (Wildman–Crippen LogP) is 0.992. The van der Waals surface area contributed by atoms with Crippen molar-refractivity contribution in [1.82, 2.24) is 0 Å². The second-order valence-electron chi connectivity index (χ2n) is 3.37. The first-order valence-electron chi connectivity index (χ1n) is 4.93. The van der Waals surface area contributed by atoms with Crippen LogP contribution in [-0.4, -0.2) is 33.9 Å². The first-order chi connectivity index (χ1) is 8.41. The second-order valence-corrected chi connectivity index (χ2v) is 5.61. The number of thioether (sulfide) groups is 1. The van der Waals surface area contributed by atoms with Crippen LogP contribution in [0.25, 0.3) is 0 Å². The summed E-state index contributed by atoms with van der Waals surface area (Å²) in [6.45, 7) is 1.50. The number of carboxylic acid groups (broad SMARTS) is 1. The summed E-state index contributed by atoms with van der Waals surface area (Å²) < 4.78 is 0. The third-order valence-corrected chi connectivity index (χ3v) is 3.96. The van der Waals surface area contributed by atoms with Crippen molar-refractivity contribution in [2.24, 2.45) is 5.73 Å². The number of hydrogen-bond donors (Lipinski definition) is 3. The molecule has 0 radical (unpaired) electrons. The molecule has 1 aromatic rings. The highest BCUT2D eigenvalue weighted by molar-refractivity contribution is 8.01. The van der Waals surface area contributed by atoms with Crippen molar-refractivity contribution in [2.75, 3.05) is 11.1 Å². The number of rotatable bonds is 6. The van der Waals surface area contributed by atoms with Crippen LogP contribution in [0.2, 0.25) is 0 Å². The molecule has 0 aliphatic rings. The third kappa shape index (κ3) is 4.04. The molecule has 0 fully saturated rings. The number of hydrogen-bond acceptors (Lipinski definition) is 5. The maximum Gasteiger partial charge on any atom is 0.316 e. The van der Waals surface area contributed by atoms with E-state index in [2.05, 4.69) is 5.32 Å². The Morgan fingerprint density at radius 3 is 2.78 bits per heavy atom. The summed E-state index contributed by atoms with van der Waals surface area (Å²) in [6.07, 6.45) is 0. The van der Waals surface area contributed by atoms with Gasteiger partial charge in [-0.2, -0.15) is 0 Å². The molecule has 0 bridgehead atoms. The quantitative estimate of drug-likeness (QED) is 0.723. The van der Waals surface area contributed by atoms with Crippen LogP contribution in [0.5, 0.6) is 0 Å². The molecule has 0 aliphatic heterocycles. The molecular formula is C10H12N2O4S2. The van der Waals surface area contributed by atoms with Crippen LogP contribution in [0, 0.1) is 0 Å². The molecule has 0 spiro atoms. The van der Waals surface area contributed by atoms with Gasteiger partial charge >= 0.3 is 5.97 Å². The minimum atomic E-state index is -0.971. The number of nitrogens with two attached hydrogens (primary N) is 1. The van der Waals surface area contributed by atoms with Crippen molar-refractivity contribution < 1.29 is 19.5 Å². The summed E-state index contributed by atoms with van der Waals surface area (Å²) in [7, 11) is 0. The summed E-state index contributed by atoms with van der Waals surface area (Å²) in [5.74, 6) is -1.94. The Balaban J connectivity index is 2.52. The van der Waals surface area contributed by atoms with E-state index in [1.165, 1.54) is 24.3 Å². The normalized spacial score (nSPS) is 11.8. The zero-order valence-electron chi connectivity index (χ0n) is 9.50. The molecule has 1 atom stereocenters. The molecule has 0 saturated carbocycles. The molecular weight excluding hydrogens is 276 g/mol. The molecule has 18 heavy (non-hydrogen) atoms. The molecule has 1 heterocycles. The second kappa shape index (κ2) is 6.41. The largest absolute Gasteiger partial charge is 0.480 e. The van der Waals surface area contributed by atoms with Crippen LogP contribution in [-0.2, 0) is 9.59 Å². The van der Waals surface area contributed by atoms with E-state index in [9.17, 15) is 14.4 Å². The van der Waals surface area contributed by atoms with E-state index in [-0.39, 0.29) is 17.2 Å². The van der Waals surface area contributed by atoms with E-state index in [1.807, 2.05) is 0 Å².